The maximum Gasteiger partial charge on any atom is 0.124 e. The summed E-state index contributed by atoms with van der Waals surface area (Å²) in [5.74, 6) is 0.286. The first-order valence-corrected chi connectivity index (χ1v) is 7.76. The molecule has 0 atom stereocenters. The first-order valence-electron chi connectivity index (χ1n) is 7.76. The van der Waals surface area contributed by atoms with Gasteiger partial charge in [-0.05, 0) is 52.4 Å². The van der Waals surface area contributed by atoms with Crippen molar-refractivity contribution in [2.24, 2.45) is 0 Å². The van der Waals surface area contributed by atoms with Crippen LogP contribution in [0, 0.1) is 0 Å². The van der Waals surface area contributed by atoms with Gasteiger partial charge in [-0.25, -0.2) is 0 Å². The van der Waals surface area contributed by atoms with E-state index in [0.29, 0.717) is 0 Å². The predicted octanol–water partition coefficient (Wildman–Crippen LogP) is 5.08. The van der Waals surface area contributed by atoms with Crippen LogP contribution in [0.3, 0.4) is 0 Å². The smallest absolute Gasteiger partial charge is 0.124 e. The van der Waals surface area contributed by atoms with Crippen molar-refractivity contribution in [2.75, 3.05) is 0 Å². The largest absolute Gasteiger partial charge is 0.507 e. The van der Waals surface area contributed by atoms with Crippen LogP contribution in [0.15, 0.2) is 60.7 Å². The van der Waals surface area contributed by atoms with Crippen LogP contribution in [0.25, 0.3) is 32.3 Å². The van der Waals surface area contributed by atoms with Crippen molar-refractivity contribution in [3.05, 3.63) is 66.2 Å². The highest BCUT2D eigenvalue weighted by molar-refractivity contribution is 6.19. The third-order valence-corrected chi connectivity index (χ3v) is 4.54. The average molecular weight is 302 g/mol. The van der Waals surface area contributed by atoms with E-state index in [1.165, 1.54) is 0 Å². The lowest BCUT2D eigenvalue weighted by Gasteiger charge is -2.21. The molecule has 0 unspecified atom stereocenters. The lowest BCUT2D eigenvalue weighted by Crippen LogP contribution is -2.15. The highest BCUT2D eigenvalue weighted by Crippen LogP contribution is 2.38. The Hall–Kier alpha value is -2.58. The number of phenols is 1. The van der Waals surface area contributed by atoms with E-state index in [9.17, 15) is 10.2 Å². The monoisotopic (exact) mass is 302 g/mol. The summed E-state index contributed by atoms with van der Waals surface area (Å²) in [6, 6.07) is 19.8. The Morgan fingerprint density at radius 3 is 1.96 bits per heavy atom. The summed E-state index contributed by atoms with van der Waals surface area (Å²) < 4.78 is 0. The van der Waals surface area contributed by atoms with Crippen LogP contribution in [0.4, 0.5) is 0 Å². The zero-order chi connectivity index (χ0) is 16.2. The third-order valence-electron chi connectivity index (χ3n) is 4.54. The minimum atomic E-state index is -0.911. The Balaban J connectivity index is 2.23. The molecule has 0 amide bonds. The first kappa shape index (κ1) is 14.0. The van der Waals surface area contributed by atoms with Crippen molar-refractivity contribution in [3.8, 4) is 5.75 Å². The fourth-order valence-electron chi connectivity index (χ4n) is 3.46. The van der Waals surface area contributed by atoms with Gasteiger partial charge in [-0.1, -0.05) is 54.6 Å². The zero-order valence-corrected chi connectivity index (χ0v) is 13.2. The molecule has 0 aliphatic rings. The lowest BCUT2D eigenvalue weighted by molar-refractivity contribution is 0.0802. The van der Waals surface area contributed by atoms with Gasteiger partial charge in [0, 0.05) is 5.39 Å². The molecule has 2 N–H and O–H groups in total. The number of rotatable bonds is 1. The fourth-order valence-corrected chi connectivity index (χ4v) is 3.46. The Kier molecular flexibility index (Phi) is 2.87. The lowest BCUT2D eigenvalue weighted by atomic mass is 9.89. The molecule has 114 valence electrons. The van der Waals surface area contributed by atoms with Gasteiger partial charge in [0.15, 0.2) is 0 Å². The van der Waals surface area contributed by atoms with Gasteiger partial charge in [-0.15, -0.1) is 0 Å². The number of aliphatic hydroxyl groups is 1. The van der Waals surface area contributed by atoms with Gasteiger partial charge in [0.2, 0.25) is 0 Å². The number of hydrogen-bond donors (Lipinski definition) is 2. The summed E-state index contributed by atoms with van der Waals surface area (Å²) in [6.07, 6.45) is 0. The maximum absolute atomic E-state index is 10.4. The van der Waals surface area contributed by atoms with Crippen molar-refractivity contribution in [1.29, 1.82) is 0 Å². The van der Waals surface area contributed by atoms with E-state index >= 15 is 0 Å². The summed E-state index contributed by atoms with van der Waals surface area (Å²) in [4.78, 5) is 0. The van der Waals surface area contributed by atoms with E-state index in [4.69, 9.17) is 0 Å². The van der Waals surface area contributed by atoms with Crippen molar-refractivity contribution >= 4 is 32.3 Å². The Morgan fingerprint density at radius 1 is 0.652 bits per heavy atom. The first-order chi connectivity index (χ1) is 11.0. The Bertz CT molecular complexity index is 1060. The molecule has 0 saturated carbocycles. The number of benzene rings is 4. The van der Waals surface area contributed by atoms with E-state index < -0.39 is 5.60 Å². The molecule has 0 saturated heterocycles. The van der Waals surface area contributed by atoms with E-state index in [0.717, 1.165) is 37.9 Å². The summed E-state index contributed by atoms with van der Waals surface area (Å²) in [5.41, 5.74) is -0.0175. The minimum Gasteiger partial charge on any atom is -0.507 e. The van der Waals surface area contributed by atoms with Crippen LogP contribution < -0.4 is 0 Å². The Labute approximate surface area is 134 Å². The second kappa shape index (κ2) is 4.71. The highest BCUT2D eigenvalue weighted by Gasteiger charge is 2.19. The molecule has 4 aromatic rings. The van der Waals surface area contributed by atoms with E-state index in [1.54, 1.807) is 13.8 Å². The molecule has 4 aromatic carbocycles. The minimum absolute atomic E-state index is 0.286. The molecule has 23 heavy (non-hydrogen) atoms. The van der Waals surface area contributed by atoms with Gasteiger partial charge in [-0.2, -0.15) is 0 Å². The van der Waals surface area contributed by atoms with Crippen molar-refractivity contribution in [1.82, 2.24) is 0 Å². The van der Waals surface area contributed by atoms with Crippen LogP contribution in [0.5, 0.6) is 5.75 Å². The van der Waals surface area contributed by atoms with Gasteiger partial charge in [0.25, 0.3) is 0 Å². The summed E-state index contributed by atoms with van der Waals surface area (Å²) in [5, 5.41) is 26.9. The molecular formula is C21H18O2. The molecule has 0 fully saturated rings. The van der Waals surface area contributed by atoms with Crippen molar-refractivity contribution < 1.29 is 10.2 Å². The van der Waals surface area contributed by atoms with Crippen LogP contribution in [-0.4, -0.2) is 10.2 Å². The average Bonchev–Trinajstić information content (AvgIpc) is 2.53. The SMILES string of the molecule is CC(C)(O)c1cccc2c1ccc1c3ccccc3c(O)cc21. The van der Waals surface area contributed by atoms with Crippen LogP contribution in [0.2, 0.25) is 0 Å². The topological polar surface area (TPSA) is 40.5 Å². The number of fused-ring (bicyclic) bond motifs is 5. The number of phenolic OH excluding ortho intramolecular Hbond substituents is 1. The molecule has 2 heteroatoms. The van der Waals surface area contributed by atoms with Crippen LogP contribution >= 0.6 is 0 Å². The van der Waals surface area contributed by atoms with Gasteiger partial charge in [-0.3, -0.25) is 0 Å². The summed E-state index contributed by atoms with van der Waals surface area (Å²) in [6.45, 7) is 3.59. The fraction of sp³-hybridized carbons (Fsp3) is 0.143. The predicted molar refractivity (Wildman–Crippen MR) is 95.9 cm³/mol. The van der Waals surface area contributed by atoms with Gasteiger partial charge in [0.05, 0.1) is 5.60 Å². The van der Waals surface area contributed by atoms with Gasteiger partial charge in [0.1, 0.15) is 5.75 Å². The number of aromatic hydroxyl groups is 1. The molecule has 4 rings (SSSR count). The standard InChI is InChI=1S/C21H18O2/c1-21(2,23)19-9-5-8-14-16(19)11-10-15-13-6-3-4-7-17(13)20(22)12-18(14)15/h3-12,22-23H,1-2H3. The molecule has 0 bridgehead atoms. The third kappa shape index (κ3) is 2.07. The molecule has 0 spiro atoms. The maximum atomic E-state index is 10.4. The molecule has 2 nitrogen and oxygen atoms in total. The van der Waals surface area contributed by atoms with Gasteiger partial charge >= 0.3 is 0 Å². The van der Waals surface area contributed by atoms with Crippen molar-refractivity contribution in [2.45, 2.75) is 19.4 Å². The molecule has 0 radical (unpaired) electrons. The Morgan fingerprint density at radius 2 is 1.22 bits per heavy atom. The zero-order valence-electron chi connectivity index (χ0n) is 13.2. The van der Waals surface area contributed by atoms with Crippen LogP contribution in [0.1, 0.15) is 19.4 Å². The summed E-state index contributed by atoms with van der Waals surface area (Å²) >= 11 is 0. The van der Waals surface area contributed by atoms with E-state index in [-0.39, 0.29) is 5.75 Å². The molecule has 0 aliphatic carbocycles. The van der Waals surface area contributed by atoms with Gasteiger partial charge < -0.3 is 10.2 Å². The summed E-state index contributed by atoms with van der Waals surface area (Å²) in [7, 11) is 0. The molecule has 0 aromatic heterocycles. The quantitative estimate of drug-likeness (QED) is 0.481. The second-order valence-electron chi connectivity index (χ2n) is 6.56. The normalized spacial score (nSPS) is 12.3. The van der Waals surface area contributed by atoms with E-state index in [1.807, 2.05) is 48.5 Å². The molecular weight excluding hydrogens is 284 g/mol. The van der Waals surface area contributed by atoms with E-state index in [2.05, 4.69) is 12.1 Å². The van der Waals surface area contributed by atoms with Crippen LogP contribution in [-0.2, 0) is 5.60 Å². The molecule has 0 heterocycles. The highest BCUT2D eigenvalue weighted by atomic mass is 16.3. The molecule has 0 aliphatic heterocycles. The van der Waals surface area contributed by atoms with Crippen molar-refractivity contribution in [3.63, 3.8) is 0 Å². The second-order valence-corrected chi connectivity index (χ2v) is 6.56. The number of hydrogen-bond acceptors (Lipinski definition) is 2.